The van der Waals surface area contributed by atoms with Crippen molar-refractivity contribution in [2.45, 2.75) is 52.0 Å². The summed E-state index contributed by atoms with van der Waals surface area (Å²) in [5, 5.41) is 3.36. The lowest BCUT2D eigenvalue weighted by Gasteiger charge is -2.19. The summed E-state index contributed by atoms with van der Waals surface area (Å²) in [6.07, 6.45) is 2.84. The van der Waals surface area contributed by atoms with Crippen LogP contribution in [0, 0.1) is 0 Å². The first kappa shape index (κ1) is 22.4. The molecule has 2 N–H and O–H groups in total. The van der Waals surface area contributed by atoms with Gasteiger partial charge in [0.1, 0.15) is 0 Å². The number of hydrogen-bond acceptors (Lipinski definition) is 3. The molecule has 28 heavy (non-hydrogen) atoms. The average Bonchev–Trinajstić information content (AvgIpc) is 2.59. The number of nitrogens with one attached hydrogen (secondary N) is 2. The van der Waals surface area contributed by atoms with Gasteiger partial charge in [0.15, 0.2) is 0 Å². The highest BCUT2D eigenvalue weighted by Gasteiger charge is 2.13. The quantitative estimate of drug-likeness (QED) is 0.624. The van der Waals surface area contributed by atoms with E-state index in [4.69, 9.17) is 12.2 Å². The number of benzene rings is 2. The molecule has 1 unspecified atom stereocenters. The van der Waals surface area contributed by atoms with E-state index in [1.165, 1.54) is 11.1 Å². The highest BCUT2D eigenvalue weighted by molar-refractivity contribution is 7.92. The van der Waals surface area contributed by atoms with E-state index >= 15 is 0 Å². The molecule has 0 saturated heterocycles. The summed E-state index contributed by atoms with van der Waals surface area (Å²) in [7, 11) is -3.26. The molecule has 0 saturated carbocycles. The van der Waals surface area contributed by atoms with Gasteiger partial charge in [-0.15, -0.1) is 0 Å². The van der Waals surface area contributed by atoms with Gasteiger partial charge >= 0.3 is 0 Å². The van der Waals surface area contributed by atoms with Crippen LogP contribution in [-0.4, -0.2) is 19.7 Å². The van der Waals surface area contributed by atoms with E-state index in [1.54, 1.807) is 12.1 Å². The molecule has 152 valence electrons. The molecule has 2 aromatic carbocycles. The Balaban J connectivity index is 1.87. The second-order valence-corrected chi connectivity index (χ2v) is 10.5. The Labute approximate surface area is 174 Å². The first-order valence-corrected chi connectivity index (χ1v) is 11.7. The number of anilines is 1. The van der Waals surface area contributed by atoms with Gasteiger partial charge < -0.3 is 5.32 Å². The van der Waals surface area contributed by atoms with Gasteiger partial charge in [-0.05, 0) is 47.6 Å². The summed E-state index contributed by atoms with van der Waals surface area (Å²) in [6.45, 7) is 8.69. The van der Waals surface area contributed by atoms with Crippen LogP contribution in [0.1, 0.15) is 56.8 Å². The summed E-state index contributed by atoms with van der Waals surface area (Å²) >= 11 is 5.51. The first-order valence-electron chi connectivity index (χ1n) is 9.40. The van der Waals surface area contributed by atoms with Crippen LogP contribution in [0.4, 0.5) is 5.69 Å². The van der Waals surface area contributed by atoms with Crippen molar-refractivity contribution < 1.29 is 8.42 Å². The van der Waals surface area contributed by atoms with Gasteiger partial charge in [0, 0.05) is 18.2 Å². The fourth-order valence-electron chi connectivity index (χ4n) is 2.88. The van der Waals surface area contributed by atoms with Gasteiger partial charge in [-0.1, -0.05) is 69.4 Å². The molecule has 0 radical (unpaired) electrons. The summed E-state index contributed by atoms with van der Waals surface area (Å²) in [5.41, 5.74) is 4.38. The normalized spacial score (nSPS) is 13.0. The van der Waals surface area contributed by atoms with Gasteiger partial charge in [0.2, 0.25) is 10.0 Å². The van der Waals surface area contributed by atoms with Crippen LogP contribution in [0.5, 0.6) is 0 Å². The maximum atomic E-state index is 11.3. The highest BCUT2D eigenvalue weighted by Crippen LogP contribution is 2.22. The van der Waals surface area contributed by atoms with Crippen molar-refractivity contribution in [2.24, 2.45) is 0 Å². The zero-order chi connectivity index (χ0) is 20.9. The molecule has 4 nitrogen and oxygen atoms in total. The molecule has 0 bridgehead atoms. The second-order valence-electron chi connectivity index (χ2n) is 8.23. The molecular formula is C22H30N2O2S2. The molecule has 0 amide bonds. The molecule has 0 aliphatic heterocycles. The molecule has 0 spiro atoms. The Hall–Kier alpha value is -1.92. The van der Waals surface area contributed by atoms with Gasteiger partial charge in [0.25, 0.3) is 0 Å². The fraction of sp³-hybridized carbons (Fsp3) is 0.409. The van der Waals surface area contributed by atoms with E-state index in [-0.39, 0.29) is 11.5 Å². The van der Waals surface area contributed by atoms with Crippen molar-refractivity contribution in [2.75, 3.05) is 11.0 Å². The number of hydrogen-bond donors (Lipinski definition) is 2. The van der Waals surface area contributed by atoms with E-state index in [0.29, 0.717) is 5.69 Å². The number of rotatable bonds is 7. The van der Waals surface area contributed by atoms with Crippen molar-refractivity contribution in [3.8, 4) is 0 Å². The minimum atomic E-state index is -3.26. The minimum Gasteiger partial charge on any atom is -0.373 e. The van der Waals surface area contributed by atoms with Crippen molar-refractivity contribution in [1.29, 1.82) is 0 Å². The van der Waals surface area contributed by atoms with Crippen LogP contribution in [0.25, 0.3) is 0 Å². The summed E-state index contributed by atoms with van der Waals surface area (Å²) in [5.74, 6) is 0. The topological polar surface area (TPSA) is 58.2 Å². The van der Waals surface area contributed by atoms with E-state index in [0.717, 1.165) is 29.6 Å². The summed E-state index contributed by atoms with van der Waals surface area (Å²) < 4.78 is 25.0. The zero-order valence-corrected chi connectivity index (χ0v) is 18.9. The Morgan fingerprint density at radius 3 is 2.11 bits per heavy atom. The predicted octanol–water partition coefficient (Wildman–Crippen LogP) is 4.97. The molecule has 2 rings (SSSR count). The molecule has 0 aliphatic rings. The van der Waals surface area contributed by atoms with Crippen LogP contribution in [0.15, 0.2) is 48.5 Å². The molecule has 0 heterocycles. The van der Waals surface area contributed by atoms with Crippen LogP contribution in [0.3, 0.4) is 0 Å². The van der Waals surface area contributed by atoms with Crippen molar-refractivity contribution in [3.63, 3.8) is 0 Å². The molecule has 0 aliphatic carbocycles. The lowest BCUT2D eigenvalue weighted by atomic mass is 9.86. The van der Waals surface area contributed by atoms with E-state index in [9.17, 15) is 8.42 Å². The monoisotopic (exact) mass is 418 g/mol. The lowest BCUT2D eigenvalue weighted by Crippen LogP contribution is -2.25. The molecule has 6 heteroatoms. The third-order valence-corrected chi connectivity index (χ3v) is 5.48. The molecular weight excluding hydrogens is 388 g/mol. The summed E-state index contributed by atoms with van der Waals surface area (Å²) in [4.78, 5) is 0.825. The maximum Gasteiger partial charge on any atom is 0.229 e. The average molecular weight is 419 g/mol. The van der Waals surface area contributed by atoms with Crippen molar-refractivity contribution in [1.82, 2.24) is 5.32 Å². The standard InChI is InChI=1S/C22H30N2O2S2/c1-16(18-9-13-20(14-10-18)24-28(5,25)26)23-21(27)15-8-17-6-11-19(12-7-17)22(2,3)4/h6-7,9-14,16,24H,8,15H2,1-5H3,(H,23,27). The maximum absolute atomic E-state index is 11.3. The van der Waals surface area contributed by atoms with Crippen LogP contribution < -0.4 is 10.0 Å². The smallest absolute Gasteiger partial charge is 0.229 e. The molecule has 1 atom stereocenters. The van der Waals surface area contributed by atoms with Crippen molar-refractivity contribution >= 4 is 32.9 Å². The largest absolute Gasteiger partial charge is 0.373 e. The molecule has 0 fully saturated rings. The third kappa shape index (κ3) is 7.24. The molecule has 2 aromatic rings. The third-order valence-electron chi connectivity index (χ3n) is 4.55. The Kier molecular flexibility index (Phi) is 7.23. The number of sulfonamides is 1. The Bertz CT molecular complexity index is 897. The first-order chi connectivity index (χ1) is 12.9. The fourth-order valence-corrected chi connectivity index (χ4v) is 3.72. The van der Waals surface area contributed by atoms with Crippen LogP contribution in [-0.2, 0) is 21.9 Å². The minimum absolute atomic E-state index is 0.0584. The van der Waals surface area contributed by atoms with E-state index < -0.39 is 10.0 Å². The van der Waals surface area contributed by atoms with Crippen LogP contribution >= 0.6 is 12.2 Å². The zero-order valence-electron chi connectivity index (χ0n) is 17.2. The van der Waals surface area contributed by atoms with Gasteiger partial charge in [-0.2, -0.15) is 0 Å². The summed E-state index contributed by atoms with van der Waals surface area (Å²) in [6, 6.07) is 16.1. The second kappa shape index (κ2) is 9.05. The van der Waals surface area contributed by atoms with Crippen LogP contribution in [0.2, 0.25) is 0 Å². The van der Waals surface area contributed by atoms with Gasteiger partial charge in [-0.3, -0.25) is 4.72 Å². The number of aryl methyl sites for hydroxylation is 1. The Morgan fingerprint density at radius 1 is 1.04 bits per heavy atom. The van der Waals surface area contributed by atoms with E-state index in [1.807, 2.05) is 19.1 Å². The van der Waals surface area contributed by atoms with Crippen molar-refractivity contribution in [3.05, 3.63) is 65.2 Å². The Morgan fingerprint density at radius 2 is 1.61 bits per heavy atom. The van der Waals surface area contributed by atoms with E-state index in [2.05, 4.69) is 55.1 Å². The number of thiocarbonyl (C=S) groups is 1. The van der Waals surface area contributed by atoms with Gasteiger partial charge in [-0.25, -0.2) is 8.42 Å². The molecule has 0 aromatic heterocycles. The SMILES string of the molecule is CC(NC(=S)CCc1ccc(C(C)(C)C)cc1)c1ccc(NS(C)(=O)=O)cc1. The van der Waals surface area contributed by atoms with Gasteiger partial charge in [0.05, 0.1) is 11.2 Å². The predicted molar refractivity (Wildman–Crippen MR) is 123 cm³/mol. The highest BCUT2D eigenvalue weighted by atomic mass is 32.2. The lowest BCUT2D eigenvalue weighted by molar-refractivity contribution is 0.590.